The second-order valence-electron chi connectivity index (χ2n) is 4.17. The Hall–Kier alpha value is -2.52. The van der Waals surface area contributed by atoms with Gasteiger partial charge in [-0.3, -0.25) is 9.59 Å². The van der Waals surface area contributed by atoms with Gasteiger partial charge in [0.25, 0.3) is 5.91 Å². The number of nitrogens with two attached hydrogens (primary N) is 1. The van der Waals surface area contributed by atoms with Gasteiger partial charge in [0.15, 0.2) is 0 Å². The average molecular weight is 307 g/mol. The van der Waals surface area contributed by atoms with Crippen LogP contribution < -0.4 is 11.1 Å². The summed E-state index contributed by atoms with van der Waals surface area (Å²) in [6.07, 6.45) is -4.17. The molecule has 0 aliphatic heterocycles. The number of carbonyl (C=O) groups is 3. The minimum atomic E-state index is -4.53. The van der Waals surface area contributed by atoms with Crippen LogP contribution in [0.1, 0.15) is 16.9 Å². The number of nitrogens with one attached hydrogen (secondary N) is 1. The third-order valence-corrected chi connectivity index (χ3v) is 2.42. The molecule has 0 saturated heterocycles. The summed E-state index contributed by atoms with van der Waals surface area (Å²) in [4.78, 5) is 33.3. The van der Waals surface area contributed by atoms with E-state index < -0.39 is 43.0 Å². The highest BCUT2D eigenvalue weighted by Gasteiger charge is 2.30. The normalized spacial score (nSPS) is 12.7. The zero-order chi connectivity index (χ0) is 16.2. The molecule has 7 nitrogen and oxygen atoms in total. The van der Waals surface area contributed by atoms with Crippen LogP contribution in [0.5, 0.6) is 0 Å². The molecule has 0 aliphatic carbocycles. The predicted molar refractivity (Wildman–Crippen MR) is 63.2 cm³/mol. The maximum absolute atomic E-state index is 12.3. The minimum absolute atomic E-state index is 0.372. The first-order valence-electron chi connectivity index (χ1n) is 5.64. The van der Waals surface area contributed by atoms with Crippen LogP contribution in [0, 0.1) is 0 Å². The van der Waals surface area contributed by atoms with Gasteiger partial charge in [-0.05, 0) is 12.1 Å². The largest absolute Gasteiger partial charge is 0.480 e. The van der Waals surface area contributed by atoms with Crippen molar-refractivity contribution in [1.82, 2.24) is 9.88 Å². The summed E-state index contributed by atoms with van der Waals surface area (Å²) in [6.45, 7) is -1.39. The van der Waals surface area contributed by atoms with Crippen molar-refractivity contribution in [2.45, 2.75) is 25.2 Å². The highest BCUT2D eigenvalue weighted by Crippen LogP contribution is 2.19. The molecule has 1 aromatic rings. The molecule has 0 aromatic carbocycles. The molecule has 10 heteroatoms. The van der Waals surface area contributed by atoms with Gasteiger partial charge in [-0.15, -0.1) is 0 Å². The number of carbonyl (C=O) groups excluding carboxylic acids is 2. The van der Waals surface area contributed by atoms with Crippen molar-refractivity contribution in [3.63, 3.8) is 0 Å². The van der Waals surface area contributed by atoms with E-state index in [0.717, 1.165) is 12.3 Å². The average Bonchev–Trinajstić information content (AvgIpc) is 2.72. The van der Waals surface area contributed by atoms with Crippen molar-refractivity contribution >= 4 is 17.8 Å². The SMILES string of the molecule is NC(=O)CC(NC(=O)c1cccn1CC(F)(F)F)C(=O)O. The van der Waals surface area contributed by atoms with Crippen LogP contribution in [0.15, 0.2) is 18.3 Å². The van der Waals surface area contributed by atoms with E-state index >= 15 is 0 Å². The number of alkyl halides is 3. The van der Waals surface area contributed by atoms with Crippen molar-refractivity contribution in [2.24, 2.45) is 5.73 Å². The number of rotatable bonds is 6. The summed E-state index contributed by atoms with van der Waals surface area (Å²) in [5, 5.41) is 10.8. The van der Waals surface area contributed by atoms with Crippen LogP contribution in [0.2, 0.25) is 0 Å². The lowest BCUT2D eigenvalue weighted by Gasteiger charge is -2.15. The number of primary amides is 1. The summed E-state index contributed by atoms with van der Waals surface area (Å²) >= 11 is 0. The monoisotopic (exact) mass is 307 g/mol. The molecule has 116 valence electrons. The standard InChI is InChI=1S/C11H12F3N3O4/c12-11(13,14)5-17-3-1-2-7(17)9(19)16-6(10(20)21)4-8(15)18/h1-3,6H,4-5H2,(H2,15,18)(H,16,19)(H,20,21). The fourth-order valence-electron chi connectivity index (χ4n) is 1.58. The van der Waals surface area contributed by atoms with E-state index in [1.54, 1.807) is 0 Å². The van der Waals surface area contributed by atoms with Crippen molar-refractivity contribution < 1.29 is 32.7 Å². The molecule has 21 heavy (non-hydrogen) atoms. The molecule has 0 fully saturated rings. The first kappa shape index (κ1) is 16.5. The summed E-state index contributed by atoms with van der Waals surface area (Å²) in [5.41, 5.74) is 4.46. The molecule has 0 bridgehead atoms. The molecule has 1 atom stereocenters. The number of carboxylic acid groups (broad SMARTS) is 1. The number of hydrogen-bond donors (Lipinski definition) is 3. The topological polar surface area (TPSA) is 114 Å². The number of nitrogens with zero attached hydrogens (tertiary/aromatic N) is 1. The van der Waals surface area contributed by atoms with Crippen LogP contribution in [0.4, 0.5) is 13.2 Å². The predicted octanol–water partition coefficient (Wildman–Crippen LogP) is 0.109. The lowest BCUT2D eigenvalue weighted by atomic mass is 10.2. The van der Waals surface area contributed by atoms with E-state index in [1.165, 1.54) is 6.07 Å². The molecule has 1 rings (SSSR count). The Morgan fingerprint density at radius 1 is 1.38 bits per heavy atom. The second-order valence-corrected chi connectivity index (χ2v) is 4.17. The lowest BCUT2D eigenvalue weighted by molar-refractivity contribution is -0.141. The Bertz CT molecular complexity index is 553. The maximum Gasteiger partial charge on any atom is 0.406 e. The lowest BCUT2D eigenvalue weighted by Crippen LogP contribution is -2.44. The van der Waals surface area contributed by atoms with E-state index in [-0.39, 0.29) is 5.69 Å². The Morgan fingerprint density at radius 2 is 2.00 bits per heavy atom. The molecular formula is C11H12F3N3O4. The van der Waals surface area contributed by atoms with Gasteiger partial charge in [0.05, 0.1) is 6.42 Å². The van der Waals surface area contributed by atoms with Crippen LogP contribution in [0.3, 0.4) is 0 Å². The van der Waals surface area contributed by atoms with Crippen LogP contribution >= 0.6 is 0 Å². The van der Waals surface area contributed by atoms with Crippen LogP contribution in [-0.2, 0) is 16.1 Å². The number of aromatic nitrogens is 1. The number of aliphatic carboxylic acids is 1. The summed E-state index contributed by atoms with van der Waals surface area (Å²) in [7, 11) is 0. The molecular weight excluding hydrogens is 295 g/mol. The van der Waals surface area contributed by atoms with Crippen molar-refractivity contribution in [2.75, 3.05) is 0 Å². The maximum atomic E-state index is 12.3. The molecule has 0 spiro atoms. The molecule has 1 unspecified atom stereocenters. The first-order valence-corrected chi connectivity index (χ1v) is 5.64. The number of amides is 2. The zero-order valence-corrected chi connectivity index (χ0v) is 10.6. The summed E-state index contributed by atoms with van der Waals surface area (Å²) in [6, 6.07) is 0.707. The smallest absolute Gasteiger partial charge is 0.406 e. The highest BCUT2D eigenvalue weighted by molar-refractivity contribution is 5.96. The Kier molecular flexibility index (Phi) is 4.95. The molecule has 1 heterocycles. The molecule has 0 saturated carbocycles. The Morgan fingerprint density at radius 3 is 2.48 bits per heavy atom. The third kappa shape index (κ3) is 5.16. The van der Waals surface area contributed by atoms with E-state index in [9.17, 15) is 27.6 Å². The zero-order valence-electron chi connectivity index (χ0n) is 10.6. The van der Waals surface area contributed by atoms with E-state index in [2.05, 4.69) is 0 Å². The van der Waals surface area contributed by atoms with Gasteiger partial charge >= 0.3 is 12.1 Å². The highest BCUT2D eigenvalue weighted by atomic mass is 19.4. The number of carboxylic acids is 1. The van der Waals surface area contributed by atoms with E-state index in [4.69, 9.17) is 10.8 Å². The fraction of sp³-hybridized carbons (Fsp3) is 0.364. The summed E-state index contributed by atoms with van der Waals surface area (Å²) < 4.78 is 37.6. The molecule has 2 amide bonds. The number of halogens is 3. The van der Waals surface area contributed by atoms with Crippen molar-refractivity contribution in [3.05, 3.63) is 24.0 Å². The Labute approximate surface area is 116 Å². The fourth-order valence-corrected chi connectivity index (χ4v) is 1.58. The van der Waals surface area contributed by atoms with Crippen LogP contribution in [0.25, 0.3) is 0 Å². The van der Waals surface area contributed by atoms with Gasteiger partial charge in [0, 0.05) is 6.20 Å². The Balaban J connectivity index is 2.86. The summed E-state index contributed by atoms with van der Waals surface area (Å²) in [5.74, 6) is -3.53. The molecule has 1 aromatic heterocycles. The number of hydrogen-bond acceptors (Lipinski definition) is 3. The van der Waals surface area contributed by atoms with Gasteiger partial charge in [0.2, 0.25) is 5.91 Å². The third-order valence-electron chi connectivity index (χ3n) is 2.42. The van der Waals surface area contributed by atoms with E-state index in [0.29, 0.717) is 4.57 Å². The minimum Gasteiger partial charge on any atom is -0.480 e. The van der Waals surface area contributed by atoms with Crippen molar-refractivity contribution in [3.8, 4) is 0 Å². The van der Waals surface area contributed by atoms with Gasteiger partial charge < -0.3 is 20.7 Å². The van der Waals surface area contributed by atoms with Crippen LogP contribution in [-0.4, -0.2) is 39.7 Å². The van der Waals surface area contributed by atoms with Gasteiger partial charge in [0.1, 0.15) is 18.3 Å². The van der Waals surface area contributed by atoms with Gasteiger partial charge in [-0.2, -0.15) is 13.2 Å². The molecule has 0 radical (unpaired) electrons. The van der Waals surface area contributed by atoms with Gasteiger partial charge in [-0.1, -0.05) is 0 Å². The van der Waals surface area contributed by atoms with Crippen molar-refractivity contribution in [1.29, 1.82) is 0 Å². The van der Waals surface area contributed by atoms with Gasteiger partial charge in [-0.25, -0.2) is 4.79 Å². The molecule has 4 N–H and O–H groups in total. The molecule has 0 aliphatic rings. The second kappa shape index (κ2) is 6.29. The first-order chi connectivity index (χ1) is 9.60. The quantitative estimate of drug-likeness (QED) is 0.692. The van der Waals surface area contributed by atoms with E-state index in [1.807, 2.05) is 5.32 Å².